The zero-order chi connectivity index (χ0) is 15.5. The monoisotopic (exact) mass is 293 g/mol. The first-order chi connectivity index (χ1) is 9.92. The summed E-state index contributed by atoms with van der Waals surface area (Å²) in [6, 6.07) is 7.13. The predicted octanol–water partition coefficient (Wildman–Crippen LogP) is 2.50. The van der Waals surface area contributed by atoms with Gasteiger partial charge in [-0.05, 0) is 52.1 Å². The van der Waals surface area contributed by atoms with Gasteiger partial charge in [-0.25, -0.2) is 4.39 Å². The van der Waals surface area contributed by atoms with Gasteiger partial charge in [0.25, 0.3) is 0 Å². The molecule has 0 amide bonds. The summed E-state index contributed by atoms with van der Waals surface area (Å²) >= 11 is 0. The summed E-state index contributed by atoms with van der Waals surface area (Å²) in [5.41, 5.74) is 1.26. The highest BCUT2D eigenvalue weighted by atomic mass is 19.1. The maximum absolute atomic E-state index is 13.4. The Labute approximate surface area is 128 Å². The molecular weight excluding hydrogens is 265 g/mol. The van der Waals surface area contributed by atoms with Gasteiger partial charge in [0.2, 0.25) is 0 Å². The van der Waals surface area contributed by atoms with E-state index in [1.807, 2.05) is 13.1 Å². The van der Waals surface area contributed by atoms with Crippen molar-refractivity contribution in [2.45, 2.75) is 31.8 Å². The van der Waals surface area contributed by atoms with E-state index in [-0.39, 0.29) is 17.4 Å². The second kappa shape index (κ2) is 6.86. The van der Waals surface area contributed by atoms with Gasteiger partial charge in [0, 0.05) is 37.8 Å². The van der Waals surface area contributed by atoms with E-state index in [0.717, 1.165) is 38.2 Å². The Morgan fingerprint density at radius 3 is 2.71 bits per heavy atom. The van der Waals surface area contributed by atoms with Gasteiger partial charge >= 0.3 is 0 Å². The normalized spacial score (nSPS) is 21.4. The van der Waals surface area contributed by atoms with Crippen molar-refractivity contribution in [1.29, 1.82) is 0 Å². The summed E-state index contributed by atoms with van der Waals surface area (Å²) in [5, 5.41) is 3.31. The first kappa shape index (κ1) is 16.4. The van der Waals surface area contributed by atoms with Gasteiger partial charge in [0.1, 0.15) is 5.82 Å². The maximum Gasteiger partial charge on any atom is 0.123 e. The SMILES string of the molecule is CNC(CCN1CCN(C)C(C)(C)C1)c1cccc(F)c1. The van der Waals surface area contributed by atoms with Crippen LogP contribution in [0.2, 0.25) is 0 Å². The third-order valence-electron chi connectivity index (χ3n) is 4.73. The Morgan fingerprint density at radius 2 is 2.10 bits per heavy atom. The van der Waals surface area contributed by atoms with Crippen molar-refractivity contribution in [3.63, 3.8) is 0 Å². The number of hydrogen-bond acceptors (Lipinski definition) is 3. The lowest BCUT2D eigenvalue weighted by atomic mass is 9.98. The van der Waals surface area contributed by atoms with E-state index in [1.54, 1.807) is 12.1 Å². The number of hydrogen-bond donors (Lipinski definition) is 1. The summed E-state index contributed by atoms with van der Waals surface area (Å²) in [6.45, 7) is 8.93. The van der Waals surface area contributed by atoms with Crippen LogP contribution in [0.4, 0.5) is 4.39 Å². The Bertz CT molecular complexity index is 461. The highest BCUT2D eigenvalue weighted by Crippen LogP contribution is 2.22. The van der Waals surface area contributed by atoms with E-state index in [9.17, 15) is 4.39 Å². The average molecular weight is 293 g/mol. The Balaban J connectivity index is 1.92. The number of benzene rings is 1. The van der Waals surface area contributed by atoms with Gasteiger partial charge in [-0.15, -0.1) is 0 Å². The lowest BCUT2D eigenvalue weighted by Gasteiger charge is -2.45. The molecule has 0 bridgehead atoms. The number of nitrogens with one attached hydrogen (secondary N) is 1. The number of likely N-dealkylation sites (N-methyl/N-ethyl adjacent to an activating group) is 1. The maximum atomic E-state index is 13.4. The van der Waals surface area contributed by atoms with Crippen LogP contribution in [0.5, 0.6) is 0 Å². The van der Waals surface area contributed by atoms with Gasteiger partial charge < -0.3 is 10.2 Å². The molecule has 0 radical (unpaired) electrons. The largest absolute Gasteiger partial charge is 0.313 e. The first-order valence-electron chi connectivity index (χ1n) is 7.79. The molecule has 0 aromatic heterocycles. The minimum Gasteiger partial charge on any atom is -0.313 e. The van der Waals surface area contributed by atoms with Gasteiger partial charge in [0.05, 0.1) is 0 Å². The summed E-state index contributed by atoms with van der Waals surface area (Å²) in [6.07, 6.45) is 1.000. The fourth-order valence-electron chi connectivity index (χ4n) is 3.04. The third kappa shape index (κ3) is 4.25. The van der Waals surface area contributed by atoms with Crippen LogP contribution in [-0.2, 0) is 0 Å². The highest BCUT2D eigenvalue weighted by molar-refractivity contribution is 5.20. The van der Waals surface area contributed by atoms with Gasteiger partial charge in [-0.3, -0.25) is 4.90 Å². The molecule has 1 aliphatic rings. The molecule has 21 heavy (non-hydrogen) atoms. The molecular formula is C17H28FN3. The van der Waals surface area contributed by atoms with Crippen molar-refractivity contribution >= 4 is 0 Å². The van der Waals surface area contributed by atoms with E-state index in [4.69, 9.17) is 0 Å². The molecule has 2 rings (SSSR count). The van der Waals surface area contributed by atoms with Crippen LogP contribution in [-0.4, -0.2) is 55.6 Å². The van der Waals surface area contributed by atoms with Crippen LogP contribution in [0.3, 0.4) is 0 Å². The van der Waals surface area contributed by atoms with Crippen molar-refractivity contribution in [2.24, 2.45) is 0 Å². The molecule has 0 saturated carbocycles. The molecule has 1 aliphatic heterocycles. The quantitative estimate of drug-likeness (QED) is 0.900. The van der Waals surface area contributed by atoms with E-state index >= 15 is 0 Å². The molecule has 4 heteroatoms. The Kier molecular flexibility index (Phi) is 5.36. The molecule has 1 aromatic carbocycles. The molecule has 1 fully saturated rings. The predicted molar refractivity (Wildman–Crippen MR) is 86.0 cm³/mol. The molecule has 1 atom stereocenters. The van der Waals surface area contributed by atoms with Gasteiger partial charge in [-0.1, -0.05) is 12.1 Å². The smallest absolute Gasteiger partial charge is 0.123 e. The van der Waals surface area contributed by atoms with Crippen molar-refractivity contribution in [3.8, 4) is 0 Å². The summed E-state index contributed by atoms with van der Waals surface area (Å²) in [5.74, 6) is -0.159. The number of rotatable bonds is 5. The van der Waals surface area contributed by atoms with Crippen molar-refractivity contribution < 1.29 is 4.39 Å². The molecule has 0 spiro atoms. The van der Waals surface area contributed by atoms with Crippen LogP contribution in [0.1, 0.15) is 31.9 Å². The fourth-order valence-corrected chi connectivity index (χ4v) is 3.04. The molecule has 3 nitrogen and oxygen atoms in total. The number of halogens is 1. The number of piperazine rings is 1. The van der Waals surface area contributed by atoms with Crippen molar-refractivity contribution in [3.05, 3.63) is 35.6 Å². The van der Waals surface area contributed by atoms with E-state index in [2.05, 4.69) is 36.0 Å². The topological polar surface area (TPSA) is 18.5 Å². The second-order valence-corrected chi connectivity index (χ2v) is 6.70. The zero-order valence-electron chi connectivity index (χ0n) is 13.7. The molecule has 1 heterocycles. The third-order valence-corrected chi connectivity index (χ3v) is 4.73. The lowest BCUT2D eigenvalue weighted by molar-refractivity contribution is 0.0383. The van der Waals surface area contributed by atoms with E-state index in [1.165, 1.54) is 6.07 Å². The zero-order valence-corrected chi connectivity index (χ0v) is 13.7. The van der Waals surface area contributed by atoms with Crippen LogP contribution in [0, 0.1) is 5.82 Å². The van der Waals surface area contributed by atoms with E-state index < -0.39 is 0 Å². The molecule has 1 aromatic rings. The van der Waals surface area contributed by atoms with Crippen molar-refractivity contribution in [1.82, 2.24) is 15.1 Å². The minimum absolute atomic E-state index is 0.159. The highest BCUT2D eigenvalue weighted by Gasteiger charge is 2.30. The summed E-state index contributed by atoms with van der Waals surface area (Å²) in [4.78, 5) is 4.94. The Morgan fingerprint density at radius 1 is 1.33 bits per heavy atom. The standard InChI is InChI=1S/C17H28FN3/c1-17(2)13-21(11-10-20(17)4)9-8-16(19-3)14-6-5-7-15(18)12-14/h5-7,12,16,19H,8-11,13H2,1-4H3. The van der Waals surface area contributed by atoms with Gasteiger partial charge in [-0.2, -0.15) is 0 Å². The average Bonchev–Trinajstić information content (AvgIpc) is 2.43. The van der Waals surface area contributed by atoms with Crippen LogP contribution < -0.4 is 5.32 Å². The van der Waals surface area contributed by atoms with Crippen molar-refractivity contribution in [2.75, 3.05) is 40.3 Å². The number of nitrogens with zero attached hydrogens (tertiary/aromatic N) is 2. The molecule has 1 saturated heterocycles. The lowest BCUT2D eigenvalue weighted by Crippen LogP contribution is -2.57. The second-order valence-electron chi connectivity index (χ2n) is 6.70. The molecule has 1 N–H and O–H groups in total. The molecule has 1 unspecified atom stereocenters. The Hall–Kier alpha value is -0.970. The fraction of sp³-hybridized carbons (Fsp3) is 0.647. The van der Waals surface area contributed by atoms with Gasteiger partial charge in [0.15, 0.2) is 0 Å². The van der Waals surface area contributed by atoms with E-state index in [0.29, 0.717) is 0 Å². The van der Waals surface area contributed by atoms with Crippen LogP contribution in [0.25, 0.3) is 0 Å². The summed E-state index contributed by atoms with van der Waals surface area (Å²) in [7, 11) is 4.14. The summed E-state index contributed by atoms with van der Waals surface area (Å²) < 4.78 is 13.4. The van der Waals surface area contributed by atoms with Crippen LogP contribution in [0.15, 0.2) is 24.3 Å². The minimum atomic E-state index is -0.159. The van der Waals surface area contributed by atoms with Crippen LogP contribution >= 0.6 is 0 Å². The first-order valence-corrected chi connectivity index (χ1v) is 7.79. The molecule has 0 aliphatic carbocycles. The molecule has 118 valence electrons.